The number of piperidine rings is 1. The predicted octanol–water partition coefficient (Wildman–Crippen LogP) is 1.77. The third-order valence-electron chi connectivity index (χ3n) is 3.24. The van der Waals surface area contributed by atoms with Gasteiger partial charge in [0.15, 0.2) is 0 Å². The highest BCUT2D eigenvalue weighted by Gasteiger charge is 2.22. The zero-order chi connectivity index (χ0) is 11.1. The summed E-state index contributed by atoms with van der Waals surface area (Å²) < 4.78 is 0. The van der Waals surface area contributed by atoms with Gasteiger partial charge >= 0.3 is 0 Å². The van der Waals surface area contributed by atoms with Gasteiger partial charge < -0.3 is 10.0 Å². The van der Waals surface area contributed by atoms with Gasteiger partial charge in [-0.15, -0.1) is 0 Å². The average molecular weight is 210 g/mol. The summed E-state index contributed by atoms with van der Waals surface area (Å²) in [4.78, 5) is 2.43. The Morgan fingerprint density at radius 1 is 1.53 bits per heavy atom. The summed E-state index contributed by atoms with van der Waals surface area (Å²) in [7, 11) is 0. The largest absolute Gasteiger partial charge is 0.393 e. The lowest BCUT2D eigenvalue weighted by molar-refractivity contribution is 0.0623. The summed E-state index contributed by atoms with van der Waals surface area (Å²) in [6, 6.07) is 2.17. The summed E-state index contributed by atoms with van der Waals surface area (Å²) in [5.74, 6) is 0.453. The number of unbranched alkanes of at least 4 members (excludes halogenated alkanes) is 2. The van der Waals surface area contributed by atoms with E-state index in [-0.39, 0.29) is 6.10 Å². The number of hydrogen-bond acceptors (Lipinski definition) is 3. The Bertz CT molecular complexity index is 210. The molecule has 0 aromatic heterocycles. The molecule has 1 fully saturated rings. The van der Waals surface area contributed by atoms with Gasteiger partial charge in [0, 0.05) is 13.0 Å². The first-order valence-electron chi connectivity index (χ1n) is 6.01. The lowest BCUT2D eigenvalue weighted by atomic mass is 9.93. The molecular weight excluding hydrogens is 188 g/mol. The quantitative estimate of drug-likeness (QED) is 0.703. The van der Waals surface area contributed by atoms with Crippen molar-refractivity contribution in [1.82, 2.24) is 4.90 Å². The highest BCUT2D eigenvalue weighted by molar-refractivity contribution is 4.76. The van der Waals surface area contributed by atoms with E-state index in [1.54, 1.807) is 0 Å². The third kappa shape index (κ3) is 4.63. The summed E-state index contributed by atoms with van der Waals surface area (Å²) >= 11 is 0. The molecule has 0 spiro atoms. The molecule has 0 aliphatic carbocycles. The number of rotatable bonds is 5. The van der Waals surface area contributed by atoms with Gasteiger partial charge in [0.1, 0.15) is 0 Å². The molecule has 1 saturated heterocycles. The second-order valence-corrected chi connectivity index (χ2v) is 4.56. The number of likely N-dealkylation sites (tertiary alicyclic amines) is 1. The lowest BCUT2D eigenvalue weighted by Crippen LogP contribution is -2.39. The van der Waals surface area contributed by atoms with E-state index in [4.69, 9.17) is 5.26 Å². The summed E-state index contributed by atoms with van der Waals surface area (Å²) in [5, 5.41) is 18.0. The molecule has 3 heteroatoms. The van der Waals surface area contributed by atoms with E-state index in [0.29, 0.717) is 12.3 Å². The maximum absolute atomic E-state index is 9.53. The van der Waals surface area contributed by atoms with E-state index in [2.05, 4.69) is 11.0 Å². The summed E-state index contributed by atoms with van der Waals surface area (Å²) in [6.45, 7) is 5.18. The van der Waals surface area contributed by atoms with E-state index in [1.165, 1.54) is 6.42 Å². The molecule has 0 saturated carbocycles. The molecule has 86 valence electrons. The highest BCUT2D eigenvalue weighted by Crippen LogP contribution is 2.19. The molecule has 1 rings (SSSR count). The van der Waals surface area contributed by atoms with E-state index in [9.17, 15) is 5.11 Å². The van der Waals surface area contributed by atoms with Gasteiger partial charge in [0.05, 0.1) is 12.2 Å². The monoisotopic (exact) mass is 210 g/mol. The maximum Gasteiger partial charge on any atom is 0.0621 e. The first-order valence-corrected chi connectivity index (χ1v) is 6.01. The fraction of sp³-hybridized carbons (Fsp3) is 0.917. The predicted molar refractivity (Wildman–Crippen MR) is 60.3 cm³/mol. The van der Waals surface area contributed by atoms with Crippen LogP contribution in [0.5, 0.6) is 0 Å². The Balaban J connectivity index is 2.16. The smallest absolute Gasteiger partial charge is 0.0621 e. The molecule has 0 bridgehead atoms. The van der Waals surface area contributed by atoms with Crippen LogP contribution in [-0.4, -0.2) is 35.7 Å². The van der Waals surface area contributed by atoms with Crippen molar-refractivity contribution < 1.29 is 5.11 Å². The second-order valence-electron chi connectivity index (χ2n) is 4.56. The molecule has 1 heterocycles. The van der Waals surface area contributed by atoms with Crippen molar-refractivity contribution in [2.45, 2.75) is 45.1 Å². The van der Waals surface area contributed by atoms with E-state index >= 15 is 0 Å². The molecule has 1 aliphatic rings. The number of aliphatic hydroxyl groups is 1. The number of aliphatic hydroxyl groups excluding tert-OH is 1. The van der Waals surface area contributed by atoms with E-state index < -0.39 is 0 Å². The fourth-order valence-electron chi connectivity index (χ4n) is 2.23. The first-order chi connectivity index (χ1) is 7.24. The van der Waals surface area contributed by atoms with Gasteiger partial charge in [-0.25, -0.2) is 0 Å². The molecule has 0 amide bonds. The van der Waals surface area contributed by atoms with Crippen molar-refractivity contribution in [3.8, 4) is 6.07 Å². The third-order valence-corrected chi connectivity index (χ3v) is 3.24. The molecule has 1 N–H and O–H groups in total. The van der Waals surface area contributed by atoms with Crippen molar-refractivity contribution in [3.63, 3.8) is 0 Å². The summed E-state index contributed by atoms with van der Waals surface area (Å²) in [5.41, 5.74) is 0. The second kappa shape index (κ2) is 6.81. The van der Waals surface area contributed by atoms with Crippen molar-refractivity contribution in [2.75, 3.05) is 19.6 Å². The minimum atomic E-state index is -0.174. The van der Waals surface area contributed by atoms with Gasteiger partial charge in [-0.2, -0.15) is 5.26 Å². The van der Waals surface area contributed by atoms with Crippen LogP contribution in [0.1, 0.15) is 39.0 Å². The normalized spacial score (nSPS) is 24.7. The SMILES string of the molecule is CC(O)C1CCCN(CCCCC#N)C1. The van der Waals surface area contributed by atoms with Gasteiger partial charge in [-0.3, -0.25) is 0 Å². The molecule has 0 radical (unpaired) electrons. The number of nitriles is 1. The van der Waals surface area contributed by atoms with Crippen LogP contribution >= 0.6 is 0 Å². The maximum atomic E-state index is 9.53. The Labute approximate surface area is 92.7 Å². The van der Waals surface area contributed by atoms with Crippen LogP contribution < -0.4 is 0 Å². The molecule has 0 aromatic rings. The fourth-order valence-corrected chi connectivity index (χ4v) is 2.23. The Hall–Kier alpha value is -0.590. The molecule has 3 nitrogen and oxygen atoms in total. The lowest BCUT2D eigenvalue weighted by Gasteiger charge is -2.34. The molecule has 0 aromatic carbocycles. The highest BCUT2D eigenvalue weighted by atomic mass is 16.3. The standard InChI is InChI=1S/C12H22N2O/c1-11(15)12-6-5-9-14(10-12)8-4-2-3-7-13/h11-12,15H,2-6,8-10H2,1H3. The molecule has 2 unspecified atom stereocenters. The minimum absolute atomic E-state index is 0.174. The summed E-state index contributed by atoms with van der Waals surface area (Å²) in [6.07, 6.45) is 4.98. The zero-order valence-electron chi connectivity index (χ0n) is 9.65. The Kier molecular flexibility index (Phi) is 5.67. The van der Waals surface area contributed by atoms with Gasteiger partial charge in [0.2, 0.25) is 0 Å². The van der Waals surface area contributed by atoms with E-state index in [0.717, 1.165) is 38.9 Å². The van der Waals surface area contributed by atoms with Crippen LogP contribution in [0.3, 0.4) is 0 Å². The van der Waals surface area contributed by atoms with Crippen LogP contribution in [0.4, 0.5) is 0 Å². The molecule has 2 atom stereocenters. The van der Waals surface area contributed by atoms with Crippen molar-refractivity contribution >= 4 is 0 Å². The van der Waals surface area contributed by atoms with Gasteiger partial charge in [-0.1, -0.05) is 0 Å². The topological polar surface area (TPSA) is 47.3 Å². The van der Waals surface area contributed by atoms with Crippen LogP contribution in [0.15, 0.2) is 0 Å². The number of nitrogens with zero attached hydrogens (tertiary/aromatic N) is 2. The van der Waals surface area contributed by atoms with Crippen LogP contribution in [0.25, 0.3) is 0 Å². The van der Waals surface area contributed by atoms with E-state index in [1.807, 2.05) is 6.92 Å². The Morgan fingerprint density at radius 3 is 3.00 bits per heavy atom. The number of hydrogen-bond donors (Lipinski definition) is 1. The molecule has 1 aliphatic heterocycles. The Morgan fingerprint density at radius 2 is 2.33 bits per heavy atom. The average Bonchev–Trinajstić information content (AvgIpc) is 2.25. The minimum Gasteiger partial charge on any atom is -0.393 e. The van der Waals surface area contributed by atoms with Crippen LogP contribution in [0, 0.1) is 17.2 Å². The van der Waals surface area contributed by atoms with Crippen LogP contribution in [0.2, 0.25) is 0 Å². The van der Waals surface area contributed by atoms with Gasteiger partial charge in [0.25, 0.3) is 0 Å². The van der Waals surface area contributed by atoms with Crippen LogP contribution in [-0.2, 0) is 0 Å². The zero-order valence-corrected chi connectivity index (χ0v) is 9.65. The molecular formula is C12H22N2O. The first kappa shape index (κ1) is 12.5. The van der Waals surface area contributed by atoms with Crippen molar-refractivity contribution in [3.05, 3.63) is 0 Å². The van der Waals surface area contributed by atoms with Gasteiger partial charge in [-0.05, 0) is 51.6 Å². The van der Waals surface area contributed by atoms with Crippen molar-refractivity contribution in [1.29, 1.82) is 5.26 Å². The molecule has 15 heavy (non-hydrogen) atoms. The van der Waals surface area contributed by atoms with Crippen molar-refractivity contribution in [2.24, 2.45) is 5.92 Å².